The molecule has 0 aliphatic carbocycles. The zero-order chi connectivity index (χ0) is 15.4. The summed E-state index contributed by atoms with van der Waals surface area (Å²) in [6.07, 6.45) is 0.593. The third-order valence-corrected chi connectivity index (χ3v) is 3.11. The Hall–Kier alpha value is -2.56. The summed E-state index contributed by atoms with van der Waals surface area (Å²) in [6.45, 7) is 0. The van der Waals surface area contributed by atoms with Gasteiger partial charge in [0, 0.05) is 23.3 Å². The lowest BCUT2D eigenvalue weighted by Gasteiger charge is -2.15. The van der Waals surface area contributed by atoms with Crippen LogP contribution in [-0.4, -0.2) is 27.6 Å². The van der Waals surface area contributed by atoms with Crippen molar-refractivity contribution in [1.29, 1.82) is 0 Å². The van der Waals surface area contributed by atoms with Crippen molar-refractivity contribution in [1.82, 2.24) is 0 Å². The number of rotatable bonds is 5. The Morgan fingerprint density at radius 2 is 1.57 bits per heavy atom. The maximum absolute atomic E-state index is 14.2. The normalized spacial score (nSPS) is 10.1. The molecule has 2 rings (SSSR count). The Bertz CT molecular complexity index is 642. The van der Waals surface area contributed by atoms with Crippen molar-refractivity contribution < 1.29 is 23.4 Å². The van der Waals surface area contributed by atoms with Gasteiger partial charge in [-0.1, -0.05) is 12.1 Å². The first kappa shape index (κ1) is 14.8. The van der Waals surface area contributed by atoms with Crippen LogP contribution >= 0.6 is 0 Å². The van der Waals surface area contributed by atoms with Gasteiger partial charge in [-0.25, -0.2) is 4.39 Å². The van der Waals surface area contributed by atoms with Gasteiger partial charge >= 0.3 is 0 Å². The van der Waals surface area contributed by atoms with Gasteiger partial charge in [-0.15, -0.1) is 0 Å². The predicted molar refractivity (Wildman–Crippen MR) is 76.9 cm³/mol. The monoisotopic (exact) mass is 290 g/mol. The van der Waals surface area contributed by atoms with E-state index in [1.54, 1.807) is 12.1 Å². The second kappa shape index (κ2) is 6.26. The first-order valence-corrected chi connectivity index (χ1v) is 6.19. The molecule has 4 nitrogen and oxygen atoms in total. The summed E-state index contributed by atoms with van der Waals surface area (Å²) < 4.78 is 30.0. The number of benzene rings is 2. The molecule has 0 radical (unpaired) electrons. The molecule has 0 saturated carbocycles. The van der Waals surface area contributed by atoms with Crippen LogP contribution in [-0.2, 0) is 0 Å². The van der Waals surface area contributed by atoms with Gasteiger partial charge in [0.15, 0.2) is 0 Å². The van der Waals surface area contributed by atoms with E-state index >= 15 is 0 Å². The molecule has 0 N–H and O–H groups in total. The minimum Gasteiger partial charge on any atom is -0.496 e. The lowest BCUT2D eigenvalue weighted by Crippen LogP contribution is -1.97. The van der Waals surface area contributed by atoms with Gasteiger partial charge in [0.2, 0.25) is 0 Å². The van der Waals surface area contributed by atoms with Crippen LogP contribution in [0.15, 0.2) is 30.3 Å². The van der Waals surface area contributed by atoms with E-state index in [-0.39, 0.29) is 11.1 Å². The van der Waals surface area contributed by atoms with E-state index in [9.17, 15) is 9.18 Å². The maximum atomic E-state index is 14.2. The van der Waals surface area contributed by atoms with Crippen molar-refractivity contribution >= 4 is 6.29 Å². The van der Waals surface area contributed by atoms with Crippen molar-refractivity contribution in [3.8, 4) is 28.4 Å². The van der Waals surface area contributed by atoms with Crippen molar-refractivity contribution in [3.05, 3.63) is 41.7 Å². The Balaban J connectivity index is 2.69. The standard InChI is InChI=1S/C16H15FO4/c1-19-11-7-14(20-2)16(15(8-11)21-3)12-5-4-10(9-18)6-13(12)17/h4-9H,1-3H3. The van der Waals surface area contributed by atoms with Crippen LogP contribution in [0.2, 0.25) is 0 Å². The summed E-state index contributed by atoms with van der Waals surface area (Å²) >= 11 is 0. The molecular weight excluding hydrogens is 275 g/mol. The van der Waals surface area contributed by atoms with Crippen LogP contribution in [0, 0.1) is 5.82 Å². The molecule has 0 aliphatic rings. The van der Waals surface area contributed by atoms with Crippen LogP contribution in [0.25, 0.3) is 11.1 Å². The molecule has 21 heavy (non-hydrogen) atoms. The quantitative estimate of drug-likeness (QED) is 0.792. The summed E-state index contributed by atoms with van der Waals surface area (Å²) in [5.74, 6) is 0.853. The second-order valence-corrected chi connectivity index (χ2v) is 4.26. The van der Waals surface area contributed by atoms with Crippen molar-refractivity contribution in [3.63, 3.8) is 0 Å². The van der Waals surface area contributed by atoms with E-state index in [0.717, 1.165) is 0 Å². The smallest absolute Gasteiger partial charge is 0.150 e. The van der Waals surface area contributed by atoms with Gasteiger partial charge in [0.05, 0.1) is 26.9 Å². The first-order chi connectivity index (χ1) is 10.1. The summed E-state index contributed by atoms with van der Waals surface area (Å²) in [4.78, 5) is 10.7. The number of halogens is 1. The highest BCUT2D eigenvalue weighted by molar-refractivity contribution is 5.82. The van der Waals surface area contributed by atoms with E-state index < -0.39 is 5.82 Å². The molecular formula is C16H15FO4. The molecule has 0 bridgehead atoms. The summed E-state index contributed by atoms with van der Waals surface area (Å²) in [5.41, 5.74) is 1.02. The first-order valence-electron chi connectivity index (χ1n) is 6.19. The van der Waals surface area contributed by atoms with Crippen LogP contribution < -0.4 is 14.2 Å². The highest BCUT2D eigenvalue weighted by Gasteiger charge is 2.18. The third kappa shape index (κ3) is 2.81. The number of methoxy groups -OCH3 is 3. The molecule has 0 atom stereocenters. The molecule has 2 aromatic rings. The lowest BCUT2D eigenvalue weighted by atomic mass is 10.0. The Morgan fingerprint density at radius 3 is 2.00 bits per heavy atom. The molecule has 0 spiro atoms. The van der Waals surface area contributed by atoms with Gasteiger partial charge in [0.1, 0.15) is 29.4 Å². The van der Waals surface area contributed by atoms with Gasteiger partial charge in [0.25, 0.3) is 0 Å². The fourth-order valence-corrected chi connectivity index (χ4v) is 2.08. The maximum Gasteiger partial charge on any atom is 0.150 e. The third-order valence-electron chi connectivity index (χ3n) is 3.11. The molecule has 0 aliphatic heterocycles. The van der Waals surface area contributed by atoms with E-state index in [1.165, 1.54) is 39.5 Å². The number of hydrogen-bond donors (Lipinski definition) is 0. The zero-order valence-corrected chi connectivity index (χ0v) is 12.0. The summed E-state index contributed by atoms with van der Waals surface area (Å²) in [5, 5.41) is 0. The van der Waals surface area contributed by atoms with E-state index in [2.05, 4.69) is 0 Å². The molecule has 0 aromatic heterocycles. The van der Waals surface area contributed by atoms with Gasteiger partial charge in [-0.2, -0.15) is 0 Å². The average molecular weight is 290 g/mol. The van der Waals surface area contributed by atoms with Gasteiger partial charge in [-0.05, 0) is 6.07 Å². The molecule has 0 saturated heterocycles. The topological polar surface area (TPSA) is 44.8 Å². The molecule has 110 valence electrons. The highest BCUT2D eigenvalue weighted by Crippen LogP contribution is 2.42. The predicted octanol–water partition coefficient (Wildman–Crippen LogP) is 3.33. The minimum atomic E-state index is -0.527. The van der Waals surface area contributed by atoms with Crippen LogP contribution in [0.4, 0.5) is 4.39 Å². The van der Waals surface area contributed by atoms with Crippen LogP contribution in [0.5, 0.6) is 17.2 Å². The molecule has 0 heterocycles. The van der Waals surface area contributed by atoms with E-state index in [0.29, 0.717) is 29.1 Å². The second-order valence-electron chi connectivity index (χ2n) is 4.26. The lowest BCUT2D eigenvalue weighted by molar-refractivity contribution is 0.112. The van der Waals surface area contributed by atoms with Crippen LogP contribution in [0.1, 0.15) is 10.4 Å². The fourth-order valence-electron chi connectivity index (χ4n) is 2.08. The van der Waals surface area contributed by atoms with E-state index in [1.807, 2.05) is 0 Å². The number of ether oxygens (including phenoxy) is 3. The number of hydrogen-bond acceptors (Lipinski definition) is 4. The molecule has 0 unspecified atom stereocenters. The fraction of sp³-hybridized carbons (Fsp3) is 0.188. The van der Waals surface area contributed by atoms with Crippen molar-refractivity contribution in [2.24, 2.45) is 0 Å². The van der Waals surface area contributed by atoms with E-state index in [4.69, 9.17) is 14.2 Å². The van der Waals surface area contributed by atoms with Gasteiger partial charge in [-0.3, -0.25) is 4.79 Å². The zero-order valence-electron chi connectivity index (χ0n) is 12.0. The van der Waals surface area contributed by atoms with Gasteiger partial charge < -0.3 is 14.2 Å². The summed E-state index contributed by atoms with van der Waals surface area (Å²) in [7, 11) is 4.48. The van der Waals surface area contributed by atoms with Crippen molar-refractivity contribution in [2.75, 3.05) is 21.3 Å². The molecule has 0 fully saturated rings. The number of aldehydes is 1. The highest BCUT2D eigenvalue weighted by atomic mass is 19.1. The average Bonchev–Trinajstić information content (AvgIpc) is 2.53. The molecule has 5 heteroatoms. The van der Waals surface area contributed by atoms with Crippen LogP contribution in [0.3, 0.4) is 0 Å². The minimum absolute atomic E-state index is 0.266. The SMILES string of the molecule is COc1cc(OC)c(-c2ccc(C=O)cc2F)c(OC)c1. The Morgan fingerprint density at radius 1 is 0.952 bits per heavy atom. The van der Waals surface area contributed by atoms with Crippen molar-refractivity contribution in [2.45, 2.75) is 0 Å². The number of carbonyl (C=O) groups is 1. The summed E-state index contributed by atoms with van der Waals surface area (Å²) in [6, 6.07) is 7.52. The number of carbonyl (C=O) groups excluding carboxylic acids is 1. The Kier molecular flexibility index (Phi) is 4.42. The Labute approximate surface area is 122 Å². The molecule has 0 amide bonds. The largest absolute Gasteiger partial charge is 0.496 e. The molecule has 2 aromatic carbocycles.